The summed E-state index contributed by atoms with van der Waals surface area (Å²) >= 11 is 5.84. The van der Waals surface area contributed by atoms with E-state index in [-0.39, 0.29) is 0 Å². The minimum atomic E-state index is -2.56. The number of hydrogen-bond acceptors (Lipinski definition) is 5. The van der Waals surface area contributed by atoms with Gasteiger partial charge in [-0.3, -0.25) is 14.5 Å². The third-order valence-corrected chi connectivity index (χ3v) is 3.79. The summed E-state index contributed by atoms with van der Waals surface area (Å²) in [5, 5.41) is 0.360. The molecule has 0 bridgehead atoms. The van der Waals surface area contributed by atoms with E-state index < -0.39 is 6.55 Å². The van der Waals surface area contributed by atoms with Crippen molar-refractivity contribution in [3.05, 3.63) is 35.8 Å². The lowest BCUT2D eigenvalue weighted by atomic mass is 10.3. The Morgan fingerprint density at radius 2 is 1.95 bits per heavy atom. The van der Waals surface area contributed by atoms with Crippen LogP contribution in [0.2, 0.25) is 5.15 Å². The van der Waals surface area contributed by atoms with E-state index in [9.17, 15) is 8.78 Å². The Hall–Kier alpha value is -1.80. The zero-order valence-corrected chi connectivity index (χ0v) is 12.5. The molecule has 0 unspecified atom stereocenters. The summed E-state index contributed by atoms with van der Waals surface area (Å²) in [5.74, 6) is 1.12. The van der Waals surface area contributed by atoms with Crippen LogP contribution < -0.4 is 4.90 Å². The zero-order valence-electron chi connectivity index (χ0n) is 11.7. The summed E-state index contributed by atoms with van der Waals surface area (Å²) in [4.78, 5) is 16.4. The van der Waals surface area contributed by atoms with Crippen LogP contribution in [0.5, 0.6) is 0 Å². The highest BCUT2D eigenvalue weighted by Gasteiger charge is 2.21. The predicted octanol–water partition coefficient (Wildman–Crippen LogP) is 2.04. The summed E-state index contributed by atoms with van der Waals surface area (Å²) < 4.78 is 26.5. The maximum Gasteiger partial charge on any atom is 0.319 e. The average molecular weight is 329 g/mol. The van der Waals surface area contributed by atoms with Crippen LogP contribution in [0.25, 0.3) is 0 Å². The monoisotopic (exact) mass is 328 g/mol. The average Bonchev–Trinajstić information content (AvgIpc) is 2.96. The molecule has 0 saturated carbocycles. The number of nitrogens with zero attached hydrogens (tertiary/aromatic N) is 6. The van der Waals surface area contributed by atoms with Gasteiger partial charge in [0.2, 0.25) is 0 Å². The van der Waals surface area contributed by atoms with Gasteiger partial charge in [-0.05, 0) is 0 Å². The van der Waals surface area contributed by atoms with Crippen LogP contribution >= 0.6 is 11.6 Å². The van der Waals surface area contributed by atoms with Gasteiger partial charge in [-0.25, -0.2) is 9.97 Å². The van der Waals surface area contributed by atoms with Gasteiger partial charge in [0, 0.05) is 38.6 Å². The second kappa shape index (κ2) is 6.53. The Balaban J connectivity index is 1.59. The van der Waals surface area contributed by atoms with E-state index in [4.69, 9.17) is 11.6 Å². The number of halogens is 3. The summed E-state index contributed by atoms with van der Waals surface area (Å²) in [5.41, 5.74) is 0. The highest BCUT2D eigenvalue weighted by molar-refractivity contribution is 6.29. The van der Waals surface area contributed by atoms with Crippen molar-refractivity contribution < 1.29 is 8.78 Å². The Bertz CT molecular complexity index is 626. The fourth-order valence-electron chi connectivity index (χ4n) is 2.46. The minimum Gasteiger partial charge on any atom is -0.353 e. The SMILES string of the molecule is FC(F)n1ccnc1CN1CCN(c2cncc(Cl)n2)CC1. The molecule has 0 amide bonds. The van der Waals surface area contributed by atoms with Gasteiger partial charge in [-0.15, -0.1) is 0 Å². The van der Waals surface area contributed by atoms with Crippen molar-refractivity contribution in [2.75, 3.05) is 31.1 Å². The number of piperazine rings is 1. The van der Waals surface area contributed by atoms with Crippen molar-refractivity contribution in [3.63, 3.8) is 0 Å². The van der Waals surface area contributed by atoms with Gasteiger partial charge >= 0.3 is 6.55 Å². The number of hydrogen-bond donors (Lipinski definition) is 0. The van der Waals surface area contributed by atoms with E-state index in [1.807, 2.05) is 0 Å². The van der Waals surface area contributed by atoms with E-state index in [2.05, 4.69) is 24.8 Å². The van der Waals surface area contributed by atoms with Crippen LogP contribution in [-0.4, -0.2) is 50.6 Å². The Kier molecular flexibility index (Phi) is 4.49. The summed E-state index contributed by atoms with van der Waals surface area (Å²) in [6.45, 7) is 0.816. The fourth-order valence-corrected chi connectivity index (χ4v) is 2.61. The largest absolute Gasteiger partial charge is 0.353 e. The van der Waals surface area contributed by atoms with Crippen molar-refractivity contribution in [1.29, 1.82) is 0 Å². The van der Waals surface area contributed by atoms with Gasteiger partial charge in [0.05, 0.1) is 18.9 Å². The highest BCUT2D eigenvalue weighted by atomic mass is 35.5. The van der Waals surface area contributed by atoms with Gasteiger partial charge in [-0.2, -0.15) is 8.78 Å². The van der Waals surface area contributed by atoms with E-state index in [0.717, 1.165) is 36.6 Å². The molecule has 0 radical (unpaired) electrons. The third-order valence-electron chi connectivity index (χ3n) is 3.61. The quantitative estimate of drug-likeness (QED) is 0.859. The molecular weight excluding hydrogens is 314 g/mol. The van der Waals surface area contributed by atoms with Crippen LogP contribution in [0.15, 0.2) is 24.8 Å². The van der Waals surface area contributed by atoms with Gasteiger partial charge in [0.25, 0.3) is 0 Å². The molecule has 2 aromatic heterocycles. The normalized spacial score (nSPS) is 16.5. The predicted molar refractivity (Wildman–Crippen MR) is 78.0 cm³/mol. The molecule has 1 saturated heterocycles. The van der Waals surface area contributed by atoms with E-state index in [0.29, 0.717) is 17.5 Å². The van der Waals surface area contributed by atoms with Gasteiger partial charge in [-0.1, -0.05) is 11.6 Å². The molecule has 22 heavy (non-hydrogen) atoms. The second-order valence-electron chi connectivity index (χ2n) is 4.99. The van der Waals surface area contributed by atoms with Crippen molar-refractivity contribution in [2.45, 2.75) is 13.1 Å². The smallest absolute Gasteiger partial charge is 0.319 e. The maximum absolute atomic E-state index is 12.8. The first-order valence-electron chi connectivity index (χ1n) is 6.88. The molecule has 1 fully saturated rings. The first kappa shape index (κ1) is 15.1. The minimum absolute atomic E-state index is 0.360. The lowest BCUT2D eigenvalue weighted by Crippen LogP contribution is -2.46. The third kappa shape index (κ3) is 3.33. The van der Waals surface area contributed by atoms with Crippen molar-refractivity contribution in [3.8, 4) is 0 Å². The number of anilines is 1. The first-order valence-corrected chi connectivity index (χ1v) is 7.26. The van der Waals surface area contributed by atoms with Crippen LogP contribution in [0.3, 0.4) is 0 Å². The summed E-state index contributed by atoms with van der Waals surface area (Å²) in [6.07, 6.45) is 5.87. The maximum atomic E-state index is 12.8. The first-order chi connectivity index (χ1) is 10.6. The van der Waals surface area contributed by atoms with E-state index >= 15 is 0 Å². The number of alkyl halides is 2. The standard InChI is InChI=1S/C13H15ClF2N6/c14-10-7-17-8-11(19-10)21-5-3-20(4-6-21)9-12-18-1-2-22(12)13(15)16/h1-2,7-8,13H,3-6,9H2. The molecule has 0 aromatic carbocycles. The summed E-state index contributed by atoms with van der Waals surface area (Å²) in [6, 6.07) is 0. The van der Waals surface area contributed by atoms with Gasteiger partial charge in [0.1, 0.15) is 16.8 Å². The second-order valence-corrected chi connectivity index (χ2v) is 5.38. The number of aromatic nitrogens is 4. The topological polar surface area (TPSA) is 50.1 Å². The lowest BCUT2D eigenvalue weighted by molar-refractivity contribution is 0.0637. The number of imidazole rings is 1. The van der Waals surface area contributed by atoms with Crippen molar-refractivity contribution >= 4 is 17.4 Å². The fraction of sp³-hybridized carbons (Fsp3) is 0.462. The summed E-state index contributed by atoms with van der Waals surface area (Å²) in [7, 11) is 0. The van der Waals surface area contributed by atoms with Gasteiger partial charge < -0.3 is 4.90 Å². The Labute approximate surface area is 131 Å². The molecule has 0 atom stereocenters. The Morgan fingerprint density at radius 1 is 1.18 bits per heavy atom. The van der Waals surface area contributed by atoms with Crippen LogP contribution in [0, 0.1) is 0 Å². The molecule has 6 nitrogen and oxygen atoms in total. The molecule has 1 aliphatic rings. The van der Waals surface area contributed by atoms with Gasteiger partial charge in [0.15, 0.2) is 0 Å². The molecule has 0 aliphatic carbocycles. The van der Waals surface area contributed by atoms with Crippen LogP contribution in [0.1, 0.15) is 12.4 Å². The Morgan fingerprint density at radius 3 is 2.64 bits per heavy atom. The van der Waals surface area contributed by atoms with Crippen molar-refractivity contribution in [2.24, 2.45) is 0 Å². The molecule has 9 heteroatoms. The van der Waals surface area contributed by atoms with E-state index in [1.54, 1.807) is 6.20 Å². The molecular formula is C13H15ClF2N6. The highest BCUT2D eigenvalue weighted by Crippen LogP contribution is 2.17. The number of rotatable bonds is 4. The molecule has 0 spiro atoms. The zero-order chi connectivity index (χ0) is 15.5. The molecule has 3 rings (SSSR count). The van der Waals surface area contributed by atoms with Crippen molar-refractivity contribution in [1.82, 2.24) is 24.4 Å². The van der Waals surface area contributed by atoms with E-state index in [1.165, 1.54) is 18.6 Å². The molecule has 118 valence electrons. The lowest BCUT2D eigenvalue weighted by Gasteiger charge is -2.35. The molecule has 3 heterocycles. The molecule has 2 aromatic rings. The molecule has 0 N–H and O–H groups in total. The molecule has 1 aliphatic heterocycles. The van der Waals surface area contributed by atoms with Crippen LogP contribution in [-0.2, 0) is 6.54 Å². The van der Waals surface area contributed by atoms with Crippen LogP contribution in [0.4, 0.5) is 14.6 Å².